The third kappa shape index (κ3) is 2.40. The van der Waals surface area contributed by atoms with Gasteiger partial charge in [-0.2, -0.15) is 5.10 Å². The van der Waals surface area contributed by atoms with Gasteiger partial charge in [-0.3, -0.25) is 0 Å². The third-order valence-electron chi connectivity index (χ3n) is 3.48. The van der Waals surface area contributed by atoms with Crippen molar-refractivity contribution in [3.05, 3.63) is 66.1 Å². The van der Waals surface area contributed by atoms with E-state index in [9.17, 15) is 9.50 Å². The van der Waals surface area contributed by atoms with Gasteiger partial charge in [0, 0.05) is 11.6 Å². The standard InChI is InChI=1S/C17H15FN2O/c1-2-12-5-3-4-6-15(12)20-16(9-10-19-20)14-8-7-13(18)11-17(14)21/h3-11,21H,2H2,1H3. The van der Waals surface area contributed by atoms with Crippen LogP contribution in [0.1, 0.15) is 12.5 Å². The van der Waals surface area contributed by atoms with Crippen molar-refractivity contribution < 1.29 is 9.50 Å². The molecule has 2 aromatic carbocycles. The first kappa shape index (κ1) is 13.4. The van der Waals surface area contributed by atoms with Gasteiger partial charge in [0.1, 0.15) is 11.6 Å². The lowest BCUT2D eigenvalue weighted by Gasteiger charge is -2.12. The van der Waals surface area contributed by atoms with Crippen molar-refractivity contribution in [2.75, 3.05) is 0 Å². The largest absolute Gasteiger partial charge is 0.507 e. The number of aromatic hydroxyl groups is 1. The summed E-state index contributed by atoms with van der Waals surface area (Å²) in [7, 11) is 0. The topological polar surface area (TPSA) is 38.0 Å². The Balaban J connectivity index is 2.17. The molecule has 1 heterocycles. The van der Waals surface area contributed by atoms with E-state index >= 15 is 0 Å². The summed E-state index contributed by atoms with van der Waals surface area (Å²) in [5, 5.41) is 14.3. The molecule has 1 aromatic heterocycles. The number of benzene rings is 2. The lowest BCUT2D eigenvalue weighted by molar-refractivity contribution is 0.470. The van der Waals surface area contributed by atoms with Crippen LogP contribution in [0.3, 0.4) is 0 Å². The lowest BCUT2D eigenvalue weighted by atomic mass is 10.1. The van der Waals surface area contributed by atoms with Gasteiger partial charge in [-0.1, -0.05) is 25.1 Å². The molecule has 0 amide bonds. The number of hydrogen-bond donors (Lipinski definition) is 1. The first-order valence-corrected chi connectivity index (χ1v) is 6.82. The minimum absolute atomic E-state index is 0.0919. The summed E-state index contributed by atoms with van der Waals surface area (Å²) in [5.74, 6) is -0.554. The van der Waals surface area contributed by atoms with Gasteiger partial charge in [0.2, 0.25) is 0 Å². The molecule has 0 aliphatic heterocycles. The van der Waals surface area contributed by atoms with E-state index in [1.807, 2.05) is 24.3 Å². The molecular formula is C17H15FN2O. The van der Waals surface area contributed by atoms with E-state index in [1.54, 1.807) is 23.0 Å². The van der Waals surface area contributed by atoms with Crippen LogP contribution in [0, 0.1) is 5.82 Å². The van der Waals surface area contributed by atoms with E-state index < -0.39 is 5.82 Å². The van der Waals surface area contributed by atoms with Crippen LogP contribution < -0.4 is 0 Å². The molecule has 106 valence electrons. The second kappa shape index (κ2) is 5.40. The summed E-state index contributed by atoms with van der Waals surface area (Å²) in [5.41, 5.74) is 3.40. The van der Waals surface area contributed by atoms with Crippen molar-refractivity contribution in [2.24, 2.45) is 0 Å². The molecule has 3 aromatic rings. The van der Waals surface area contributed by atoms with Crippen molar-refractivity contribution >= 4 is 0 Å². The number of aryl methyl sites for hydroxylation is 1. The van der Waals surface area contributed by atoms with Crippen molar-refractivity contribution in [3.63, 3.8) is 0 Å². The molecular weight excluding hydrogens is 267 g/mol. The molecule has 4 heteroatoms. The number of nitrogens with zero attached hydrogens (tertiary/aromatic N) is 2. The molecule has 1 N–H and O–H groups in total. The van der Waals surface area contributed by atoms with Crippen molar-refractivity contribution in [2.45, 2.75) is 13.3 Å². The highest BCUT2D eigenvalue weighted by atomic mass is 19.1. The summed E-state index contributed by atoms with van der Waals surface area (Å²) in [4.78, 5) is 0. The van der Waals surface area contributed by atoms with Crippen LogP contribution in [0.2, 0.25) is 0 Å². The minimum atomic E-state index is -0.462. The Labute approximate surface area is 122 Å². The molecule has 0 atom stereocenters. The molecule has 0 aliphatic carbocycles. The predicted molar refractivity (Wildman–Crippen MR) is 80.0 cm³/mol. The molecule has 3 nitrogen and oxygen atoms in total. The highest BCUT2D eigenvalue weighted by Gasteiger charge is 2.13. The Bertz CT molecular complexity index is 780. The Morgan fingerprint density at radius 1 is 1.14 bits per heavy atom. The maximum Gasteiger partial charge on any atom is 0.127 e. The number of para-hydroxylation sites is 1. The van der Waals surface area contributed by atoms with Crippen LogP contribution >= 0.6 is 0 Å². The molecule has 0 radical (unpaired) electrons. The highest BCUT2D eigenvalue weighted by Crippen LogP contribution is 2.31. The van der Waals surface area contributed by atoms with Gasteiger partial charge in [-0.25, -0.2) is 9.07 Å². The first-order chi connectivity index (χ1) is 10.2. The Kier molecular flexibility index (Phi) is 3.44. The van der Waals surface area contributed by atoms with Gasteiger partial charge in [-0.15, -0.1) is 0 Å². The zero-order valence-electron chi connectivity index (χ0n) is 11.6. The molecule has 0 fully saturated rings. The van der Waals surface area contributed by atoms with Crippen LogP contribution in [0.4, 0.5) is 4.39 Å². The molecule has 0 unspecified atom stereocenters. The summed E-state index contributed by atoms with van der Waals surface area (Å²) in [6.45, 7) is 2.08. The summed E-state index contributed by atoms with van der Waals surface area (Å²) in [6, 6.07) is 13.8. The molecule has 0 spiro atoms. The second-order valence-electron chi connectivity index (χ2n) is 4.77. The molecule has 0 saturated carbocycles. The maximum absolute atomic E-state index is 13.1. The van der Waals surface area contributed by atoms with Crippen LogP contribution in [0.5, 0.6) is 5.75 Å². The SMILES string of the molecule is CCc1ccccc1-n1nccc1-c1ccc(F)cc1O. The van der Waals surface area contributed by atoms with E-state index in [0.717, 1.165) is 29.4 Å². The Morgan fingerprint density at radius 3 is 2.71 bits per heavy atom. The number of phenolic OH excluding ortho intramolecular Hbond substituents is 1. The number of phenols is 1. The van der Waals surface area contributed by atoms with E-state index in [1.165, 1.54) is 6.07 Å². The number of hydrogen-bond acceptors (Lipinski definition) is 2. The second-order valence-corrected chi connectivity index (χ2v) is 4.77. The highest BCUT2D eigenvalue weighted by molar-refractivity contribution is 5.69. The van der Waals surface area contributed by atoms with Crippen LogP contribution in [-0.2, 0) is 6.42 Å². The van der Waals surface area contributed by atoms with E-state index in [2.05, 4.69) is 12.0 Å². The van der Waals surface area contributed by atoms with Gasteiger partial charge < -0.3 is 5.11 Å². The van der Waals surface area contributed by atoms with Gasteiger partial charge in [0.05, 0.1) is 17.6 Å². The van der Waals surface area contributed by atoms with Crippen molar-refractivity contribution in [1.29, 1.82) is 0 Å². The average molecular weight is 282 g/mol. The third-order valence-corrected chi connectivity index (χ3v) is 3.48. The number of rotatable bonds is 3. The van der Waals surface area contributed by atoms with Crippen LogP contribution in [0.25, 0.3) is 16.9 Å². The smallest absolute Gasteiger partial charge is 0.127 e. The van der Waals surface area contributed by atoms with Gasteiger partial charge in [0.25, 0.3) is 0 Å². The van der Waals surface area contributed by atoms with Crippen molar-refractivity contribution in [1.82, 2.24) is 9.78 Å². The van der Waals surface area contributed by atoms with E-state index in [-0.39, 0.29) is 5.75 Å². The summed E-state index contributed by atoms with van der Waals surface area (Å²) in [6.07, 6.45) is 2.55. The summed E-state index contributed by atoms with van der Waals surface area (Å²) >= 11 is 0. The fourth-order valence-corrected chi connectivity index (χ4v) is 2.44. The fraction of sp³-hybridized carbons (Fsp3) is 0.118. The molecule has 3 rings (SSSR count). The Hall–Kier alpha value is -2.62. The van der Waals surface area contributed by atoms with Gasteiger partial charge in [-0.05, 0) is 36.2 Å². The lowest BCUT2D eigenvalue weighted by Crippen LogP contribution is -2.02. The average Bonchev–Trinajstić information content (AvgIpc) is 2.96. The zero-order chi connectivity index (χ0) is 14.8. The van der Waals surface area contributed by atoms with Crippen LogP contribution in [0.15, 0.2) is 54.7 Å². The van der Waals surface area contributed by atoms with Crippen LogP contribution in [-0.4, -0.2) is 14.9 Å². The Morgan fingerprint density at radius 2 is 1.95 bits per heavy atom. The number of halogens is 1. The zero-order valence-corrected chi connectivity index (χ0v) is 11.6. The fourth-order valence-electron chi connectivity index (χ4n) is 2.44. The molecule has 0 saturated heterocycles. The summed E-state index contributed by atoms with van der Waals surface area (Å²) < 4.78 is 14.9. The van der Waals surface area contributed by atoms with E-state index in [4.69, 9.17) is 0 Å². The number of aromatic nitrogens is 2. The predicted octanol–water partition coefficient (Wildman–Crippen LogP) is 3.95. The molecule has 0 bridgehead atoms. The minimum Gasteiger partial charge on any atom is -0.507 e. The molecule has 0 aliphatic rings. The van der Waals surface area contributed by atoms with Gasteiger partial charge in [0.15, 0.2) is 0 Å². The molecule has 21 heavy (non-hydrogen) atoms. The monoisotopic (exact) mass is 282 g/mol. The normalized spacial score (nSPS) is 10.8. The first-order valence-electron chi connectivity index (χ1n) is 6.82. The quantitative estimate of drug-likeness (QED) is 0.790. The van der Waals surface area contributed by atoms with Crippen molar-refractivity contribution in [3.8, 4) is 22.7 Å². The maximum atomic E-state index is 13.1. The van der Waals surface area contributed by atoms with E-state index in [0.29, 0.717) is 5.56 Å². The van der Waals surface area contributed by atoms with Gasteiger partial charge >= 0.3 is 0 Å².